The minimum atomic E-state index is -0.0197. The number of nitrogens with zero attached hydrogens (tertiary/aromatic N) is 1. The Morgan fingerprint density at radius 1 is 0.840 bits per heavy atom. The van der Waals surface area contributed by atoms with Gasteiger partial charge in [0.25, 0.3) is 0 Å². The molecule has 8 bridgehead atoms. The second-order valence-electron chi connectivity index (χ2n) is 10.9. The lowest BCUT2D eigenvalue weighted by atomic mass is 9.51. The van der Waals surface area contributed by atoms with Crippen LogP contribution in [0.3, 0.4) is 0 Å². The molecule has 0 aliphatic heterocycles. The van der Waals surface area contributed by atoms with Gasteiger partial charge in [0.2, 0.25) is 0 Å². The van der Waals surface area contributed by atoms with E-state index in [0.29, 0.717) is 0 Å². The van der Waals surface area contributed by atoms with Crippen LogP contribution < -0.4 is 11.1 Å². The molecule has 2 atom stereocenters. The molecule has 0 amide bonds. The molecule has 0 saturated heterocycles. The molecule has 8 rings (SSSR count). The van der Waals surface area contributed by atoms with Crippen molar-refractivity contribution in [1.82, 2.24) is 5.32 Å². The van der Waals surface area contributed by atoms with Gasteiger partial charge in [-0.2, -0.15) is 0 Å². The van der Waals surface area contributed by atoms with E-state index < -0.39 is 0 Å². The molecule has 3 heteroatoms. The maximum Gasteiger partial charge on any atom is 0.189 e. The van der Waals surface area contributed by atoms with Crippen molar-refractivity contribution in [3.8, 4) is 0 Å². The first-order valence-corrected chi connectivity index (χ1v) is 10.8. The molecule has 0 aromatic heterocycles. The summed E-state index contributed by atoms with van der Waals surface area (Å²) in [5.41, 5.74) is 8.24. The predicted octanol–water partition coefficient (Wildman–Crippen LogP) is 3.99. The zero-order valence-electron chi connectivity index (χ0n) is 15.5. The van der Waals surface area contributed by atoms with E-state index >= 15 is 0 Å². The molecule has 3 nitrogen and oxygen atoms in total. The van der Waals surface area contributed by atoms with Crippen LogP contribution in [0.4, 0.5) is 0 Å². The van der Waals surface area contributed by atoms with Gasteiger partial charge in [0.05, 0.1) is 5.54 Å². The highest BCUT2D eigenvalue weighted by molar-refractivity contribution is 5.79. The fourth-order valence-electron chi connectivity index (χ4n) is 8.82. The number of hydrogen-bond donors (Lipinski definition) is 2. The highest BCUT2D eigenvalue weighted by Crippen LogP contribution is 2.59. The molecule has 8 aliphatic rings. The lowest BCUT2D eigenvalue weighted by molar-refractivity contribution is -0.0105. The highest BCUT2D eigenvalue weighted by Gasteiger charge is 2.54. The lowest BCUT2D eigenvalue weighted by Crippen LogP contribution is -2.62. The van der Waals surface area contributed by atoms with Crippen molar-refractivity contribution in [2.75, 3.05) is 0 Å². The van der Waals surface area contributed by atoms with Gasteiger partial charge in [-0.05, 0) is 112 Å². The summed E-state index contributed by atoms with van der Waals surface area (Å²) in [5.74, 6) is 6.05. The summed E-state index contributed by atoms with van der Waals surface area (Å²) in [6.07, 6.45) is 15.0. The van der Waals surface area contributed by atoms with Crippen LogP contribution in [0.15, 0.2) is 17.1 Å². The number of nitrogens with one attached hydrogen (secondary N) is 1. The summed E-state index contributed by atoms with van der Waals surface area (Å²) in [6, 6.07) is 0. The van der Waals surface area contributed by atoms with Crippen molar-refractivity contribution in [3.63, 3.8) is 0 Å². The zero-order valence-corrected chi connectivity index (χ0v) is 15.5. The maximum atomic E-state index is 6.58. The largest absolute Gasteiger partial charge is 0.370 e. The summed E-state index contributed by atoms with van der Waals surface area (Å²) < 4.78 is 0. The van der Waals surface area contributed by atoms with Gasteiger partial charge >= 0.3 is 0 Å². The first-order valence-electron chi connectivity index (χ1n) is 10.8. The van der Waals surface area contributed by atoms with Gasteiger partial charge in [-0.15, -0.1) is 0 Å². The number of guanidine groups is 1. The summed E-state index contributed by atoms with van der Waals surface area (Å²) >= 11 is 0. The van der Waals surface area contributed by atoms with Crippen LogP contribution in [0, 0.1) is 35.5 Å². The van der Waals surface area contributed by atoms with Gasteiger partial charge in [-0.1, -0.05) is 6.58 Å². The minimum absolute atomic E-state index is 0.0197. The van der Waals surface area contributed by atoms with Gasteiger partial charge in [0.1, 0.15) is 0 Å². The summed E-state index contributed by atoms with van der Waals surface area (Å²) in [7, 11) is 0. The molecule has 0 aromatic carbocycles. The van der Waals surface area contributed by atoms with Crippen LogP contribution in [0.2, 0.25) is 0 Å². The smallest absolute Gasteiger partial charge is 0.189 e. The topological polar surface area (TPSA) is 50.4 Å². The van der Waals surface area contributed by atoms with E-state index in [2.05, 4.69) is 11.9 Å². The summed E-state index contributed by atoms with van der Waals surface area (Å²) in [4.78, 5) is 5.21. The van der Waals surface area contributed by atoms with Crippen molar-refractivity contribution < 1.29 is 0 Å². The lowest BCUT2D eigenvalue weighted by Gasteiger charge is -2.58. The van der Waals surface area contributed by atoms with Gasteiger partial charge in [0, 0.05) is 5.54 Å². The molecule has 3 N–H and O–H groups in total. The predicted molar refractivity (Wildman–Crippen MR) is 101 cm³/mol. The maximum absolute atomic E-state index is 6.58. The molecule has 0 heterocycles. The van der Waals surface area contributed by atoms with Crippen LogP contribution in [-0.4, -0.2) is 17.0 Å². The van der Waals surface area contributed by atoms with E-state index in [1.807, 2.05) is 0 Å². The first kappa shape index (κ1) is 15.1. The number of nitrogens with two attached hydrogens (primary N) is 1. The Labute approximate surface area is 151 Å². The number of hydrogen-bond acceptors (Lipinski definition) is 1. The first-order chi connectivity index (χ1) is 12.0. The Kier molecular flexibility index (Phi) is 2.92. The molecular formula is C22H33N3. The molecule has 0 spiro atoms. The van der Waals surface area contributed by atoms with Gasteiger partial charge in [-0.25, -0.2) is 4.99 Å². The van der Waals surface area contributed by atoms with E-state index in [1.165, 1.54) is 76.2 Å². The van der Waals surface area contributed by atoms with Gasteiger partial charge in [0.15, 0.2) is 5.96 Å². The van der Waals surface area contributed by atoms with Crippen molar-refractivity contribution in [2.24, 2.45) is 46.2 Å². The Bertz CT molecular complexity index is 598. The average molecular weight is 340 g/mol. The molecule has 8 fully saturated rings. The molecule has 0 radical (unpaired) electrons. The summed E-state index contributed by atoms with van der Waals surface area (Å²) in [6.45, 7) is 4.52. The van der Waals surface area contributed by atoms with Gasteiger partial charge in [-0.3, -0.25) is 0 Å². The minimum Gasteiger partial charge on any atom is -0.370 e. The molecule has 8 saturated carbocycles. The standard InChI is InChI=1S/C22H33N3/c1-13-19-6-17-5-18(7-19)12-22(13,11-17)25-20(23)24-21-8-14-2-15(9-21)4-16(3-14)10-21/h14-19H,1-12H2,(H3,23,24,25). The Morgan fingerprint density at radius 2 is 1.32 bits per heavy atom. The van der Waals surface area contributed by atoms with E-state index in [0.717, 1.165) is 41.5 Å². The second kappa shape index (κ2) is 4.84. The normalized spacial score (nSPS) is 55.8. The Balaban J connectivity index is 1.27. The highest BCUT2D eigenvalue weighted by atomic mass is 15.2. The third-order valence-corrected chi connectivity index (χ3v) is 9.01. The number of rotatable bonds is 2. The van der Waals surface area contributed by atoms with Crippen molar-refractivity contribution in [1.29, 1.82) is 0 Å². The molecule has 25 heavy (non-hydrogen) atoms. The van der Waals surface area contributed by atoms with E-state index in [9.17, 15) is 0 Å². The quantitative estimate of drug-likeness (QED) is 0.454. The molecule has 2 unspecified atom stereocenters. The molecule has 8 aliphatic carbocycles. The Morgan fingerprint density at radius 3 is 1.84 bits per heavy atom. The van der Waals surface area contributed by atoms with Crippen LogP contribution in [-0.2, 0) is 0 Å². The van der Waals surface area contributed by atoms with E-state index in [-0.39, 0.29) is 11.1 Å². The average Bonchev–Trinajstić information content (AvgIpc) is 2.49. The van der Waals surface area contributed by atoms with Crippen molar-refractivity contribution in [2.45, 2.75) is 81.7 Å². The van der Waals surface area contributed by atoms with Crippen LogP contribution in [0.5, 0.6) is 0 Å². The van der Waals surface area contributed by atoms with Crippen LogP contribution >= 0.6 is 0 Å². The SMILES string of the molecule is C=C1C2CC3CC(C2)CC1(N=C(N)NC12CC4CC(CC(C4)C1)C2)C3. The van der Waals surface area contributed by atoms with Crippen LogP contribution in [0.1, 0.15) is 70.6 Å². The Hall–Kier alpha value is -0.990. The number of aliphatic imine (C=N–C) groups is 1. The summed E-state index contributed by atoms with van der Waals surface area (Å²) in [5, 5.41) is 3.81. The zero-order chi connectivity index (χ0) is 16.8. The van der Waals surface area contributed by atoms with Crippen molar-refractivity contribution in [3.05, 3.63) is 12.2 Å². The molecule has 136 valence electrons. The second-order valence-corrected chi connectivity index (χ2v) is 10.9. The van der Waals surface area contributed by atoms with E-state index in [1.54, 1.807) is 0 Å². The molecule has 0 aromatic rings. The fraction of sp³-hybridized carbons (Fsp3) is 0.864. The van der Waals surface area contributed by atoms with Gasteiger partial charge < -0.3 is 11.1 Å². The third kappa shape index (κ3) is 2.20. The van der Waals surface area contributed by atoms with Crippen LogP contribution in [0.25, 0.3) is 0 Å². The fourth-order valence-corrected chi connectivity index (χ4v) is 8.82. The van der Waals surface area contributed by atoms with E-state index in [4.69, 9.17) is 10.7 Å². The van der Waals surface area contributed by atoms with Crippen molar-refractivity contribution >= 4 is 5.96 Å². The third-order valence-electron chi connectivity index (χ3n) is 9.01. The monoisotopic (exact) mass is 339 g/mol. The molecular weight excluding hydrogens is 306 g/mol.